The van der Waals surface area contributed by atoms with E-state index in [1.165, 1.54) is 24.3 Å². The molecule has 4 heteroatoms. The van der Waals surface area contributed by atoms with Gasteiger partial charge in [0, 0.05) is 0 Å². The molecule has 1 aliphatic carbocycles. The molecule has 0 fully saturated rings. The molecule has 0 aromatic carbocycles. The van der Waals surface area contributed by atoms with E-state index in [-0.39, 0.29) is 12.3 Å². The lowest BCUT2D eigenvalue weighted by molar-refractivity contribution is -0.135. The number of aliphatic carboxylic acids is 1. The normalized spacial score (nSPS) is 15.0. The van der Waals surface area contributed by atoms with Gasteiger partial charge in [-0.15, -0.1) is 0 Å². The zero-order valence-corrected chi connectivity index (χ0v) is 6.23. The molecule has 0 aromatic rings. The summed E-state index contributed by atoms with van der Waals surface area (Å²) in [4.78, 5) is 24.4. The Hall–Kier alpha value is -1.71. The molecule has 0 atom stereocenters. The second kappa shape index (κ2) is 3.61. The average Bonchev–Trinajstić information content (AvgIpc) is 2.03. The van der Waals surface area contributed by atoms with E-state index in [0.29, 0.717) is 5.71 Å². The van der Waals surface area contributed by atoms with Crippen LogP contribution in [0.15, 0.2) is 29.3 Å². The van der Waals surface area contributed by atoms with Crippen LogP contribution in [0.4, 0.5) is 0 Å². The summed E-state index contributed by atoms with van der Waals surface area (Å²) in [6.45, 7) is -0.266. The first-order chi connectivity index (χ1) is 5.68. The number of carbonyl (C=O) groups excluding carboxylic acids is 1. The molecule has 1 rings (SSSR count). The fraction of sp³-hybridized carbons (Fsp3) is 0.125. The Morgan fingerprint density at radius 3 is 2.42 bits per heavy atom. The van der Waals surface area contributed by atoms with Crippen molar-refractivity contribution in [1.82, 2.24) is 0 Å². The van der Waals surface area contributed by atoms with Crippen molar-refractivity contribution in [3.63, 3.8) is 0 Å². The molecule has 0 heterocycles. The predicted molar refractivity (Wildman–Crippen MR) is 43.2 cm³/mol. The molecule has 4 nitrogen and oxygen atoms in total. The number of aliphatic imine (C=N–C) groups is 1. The third kappa shape index (κ3) is 2.49. The van der Waals surface area contributed by atoms with Crippen LogP contribution in [0.3, 0.4) is 0 Å². The van der Waals surface area contributed by atoms with E-state index < -0.39 is 5.97 Å². The van der Waals surface area contributed by atoms with Crippen LogP contribution in [0.5, 0.6) is 0 Å². The molecule has 0 radical (unpaired) electrons. The zero-order valence-electron chi connectivity index (χ0n) is 6.23. The zero-order chi connectivity index (χ0) is 8.97. The number of carbonyl (C=O) groups is 2. The smallest absolute Gasteiger partial charge is 0.325 e. The summed E-state index contributed by atoms with van der Waals surface area (Å²) in [6, 6.07) is 0. The van der Waals surface area contributed by atoms with E-state index >= 15 is 0 Å². The summed E-state index contributed by atoms with van der Waals surface area (Å²) >= 11 is 0. The van der Waals surface area contributed by atoms with Crippen LogP contribution in [-0.2, 0) is 9.59 Å². The van der Waals surface area contributed by atoms with Gasteiger partial charge in [0.15, 0.2) is 5.78 Å². The molecule has 0 spiro atoms. The topological polar surface area (TPSA) is 66.7 Å². The standard InChI is InChI=1S/C8H7NO3/c10-7-3-1-6(2-4-7)9-5-8(11)12/h1-4H,5H2,(H,11,12). The quantitative estimate of drug-likeness (QED) is 0.594. The molecule has 0 unspecified atom stereocenters. The summed E-state index contributed by atoms with van der Waals surface area (Å²) < 4.78 is 0. The minimum atomic E-state index is -0.985. The molecule has 62 valence electrons. The van der Waals surface area contributed by atoms with Crippen molar-refractivity contribution in [2.24, 2.45) is 4.99 Å². The number of ketones is 1. The maximum Gasteiger partial charge on any atom is 0.325 e. The molecule has 0 bridgehead atoms. The van der Waals surface area contributed by atoms with Gasteiger partial charge >= 0.3 is 5.97 Å². The second-order valence-electron chi connectivity index (χ2n) is 2.20. The molecule has 0 saturated heterocycles. The van der Waals surface area contributed by atoms with E-state index in [2.05, 4.69) is 4.99 Å². The Bertz CT molecular complexity index is 281. The number of hydrogen-bond acceptors (Lipinski definition) is 3. The van der Waals surface area contributed by atoms with Crippen LogP contribution in [0.25, 0.3) is 0 Å². The minimum absolute atomic E-state index is 0.107. The van der Waals surface area contributed by atoms with Crippen LogP contribution in [0.2, 0.25) is 0 Å². The van der Waals surface area contributed by atoms with Crippen molar-refractivity contribution in [2.75, 3.05) is 6.54 Å². The van der Waals surface area contributed by atoms with Crippen molar-refractivity contribution in [3.8, 4) is 0 Å². The van der Waals surface area contributed by atoms with Gasteiger partial charge in [0.1, 0.15) is 6.54 Å². The van der Waals surface area contributed by atoms with Gasteiger partial charge in [0.2, 0.25) is 0 Å². The number of nitrogens with zero attached hydrogens (tertiary/aromatic N) is 1. The van der Waals surface area contributed by atoms with Gasteiger partial charge in [-0.05, 0) is 24.3 Å². The summed E-state index contributed by atoms with van der Waals surface area (Å²) in [6.07, 6.45) is 5.68. The lowest BCUT2D eigenvalue weighted by Crippen LogP contribution is -2.04. The van der Waals surface area contributed by atoms with Crippen LogP contribution in [0.1, 0.15) is 0 Å². The molecular formula is C8H7NO3. The summed E-state index contributed by atoms with van der Waals surface area (Å²) in [5, 5.41) is 8.27. The van der Waals surface area contributed by atoms with Gasteiger partial charge in [0.25, 0.3) is 0 Å². The third-order valence-electron chi connectivity index (χ3n) is 1.23. The Kier molecular flexibility index (Phi) is 2.53. The van der Waals surface area contributed by atoms with E-state index in [1.807, 2.05) is 0 Å². The maximum absolute atomic E-state index is 10.6. The van der Waals surface area contributed by atoms with Gasteiger partial charge in [-0.3, -0.25) is 14.6 Å². The monoisotopic (exact) mass is 165 g/mol. The number of allylic oxidation sites excluding steroid dienone is 4. The predicted octanol–water partition coefficient (Wildman–Crippen LogP) is 0.207. The molecule has 12 heavy (non-hydrogen) atoms. The van der Waals surface area contributed by atoms with Crippen molar-refractivity contribution < 1.29 is 14.7 Å². The Morgan fingerprint density at radius 2 is 1.92 bits per heavy atom. The number of hydrogen-bond donors (Lipinski definition) is 1. The van der Waals surface area contributed by atoms with E-state index in [4.69, 9.17) is 5.11 Å². The lowest BCUT2D eigenvalue weighted by Gasteiger charge is -1.96. The van der Waals surface area contributed by atoms with Gasteiger partial charge in [-0.1, -0.05) is 0 Å². The molecule has 0 aromatic heterocycles. The highest BCUT2D eigenvalue weighted by Crippen LogP contribution is 1.95. The van der Waals surface area contributed by atoms with Crippen molar-refractivity contribution in [3.05, 3.63) is 24.3 Å². The van der Waals surface area contributed by atoms with Crippen LogP contribution < -0.4 is 0 Å². The molecule has 1 aliphatic rings. The molecular weight excluding hydrogens is 158 g/mol. The van der Waals surface area contributed by atoms with Crippen LogP contribution in [-0.4, -0.2) is 29.1 Å². The van der Waals surface area contributed by atoms with E-state index in [9.17, 15) is 9.59 Å². The number of rotatable bonds is 2. The molecule has 0 amide bonds. The van der Waals surface area contributed by atoms with Gasteiger partial charge in [0.05, 0.1) is 5.71 Å². The fourth-order valence-corrected chi connectivity index (χ4v) is 0.710. The first-order valence-corrected chi connectivity index (χ1v) is 3.35. The van der Waals surface area contributed by atoms with Crippen molar-refractivity contribution >= 4 is 17.5 Å². The molecule has 0 saturated carbocycles. The van der Waals surface area contributed by atoms with E-state index in [0.717, 1.165) is 0 Å². The largest absolute Gasteiger partial charge is 0.480 e. The third-order valence-corrected chi connectivity index (χ3v) is 1.23. The highest BCUT2D eigenvalue weighted by atomic mass is 16.4. The highest BCUT2D eigenvalue weighted by molar-refractivity contribution is 6.16. The Labute approximate surface area is 68.9 Å². The van der Waals surface area contributed by atoms with Crippen LogP contribution in [0, 0.1) is 0 Å². The maximum atomic E-state index is 10.6. The molecule has 1 N–H and O–H groups in total. The Balaban J connectivity index is 2.61. The SMILES string of the molecule is O=C1C=CC(=NCC(=O)O)C=C1. The second-order valence-corrected chi connectivity index (χ2v) is 2.20. The van der Waals surface area contributed by atoms with Gasteiger partial charge in [-0.25, -0.2) is 0 Å². The first-order valence-electron chi connectivity index (χ1n) is 3.35. The Morgan fingerprint density at radius 1 is 1.33 bits per heavy atom. The van der Waals surface area contributed by atoms with Gasteiger partial charge < -0.3 is 5.11 Å². The number of carboxylic acids is 1. The minimum Gasteiger partial charge on any atom is -0.480 e. The average molecular weight is 165 g/mol. The van der Waals surface area contributed by atoms with Gasteiger partial charge in [-0.2, -0.15) is 0 Å². The summed E-state index contributed by atoms with van der Waals surface area (Å²) in [5.74, 6) is -1.09. The molecule has 0 aliphatic heterocycles. The highest BCUT2D eigenvalue weighted by Gasteiger charge is 1.99. The summed E-state index contributed by atoms with van der Waals surface area (Å²) in [5.41, 5.74) is 0.511. The fourth-order valence-electron chi connectivity index (χ4n) is 0.710. The van der Waals surface area contributed by atoms with Crippen LogP contribution >= 0.6 is 0 Å². The van der Waals surface area contributed by atoms with Crippen molar-refractivity contribution in [1.29, 1.82) is 0 Å². The first kappa shape index (κ1) is 8.39. The number of carboxylic acid groups (broad SMARTS) is 1. The van der Waals surface area contributed by atoms with E-state index in [1.54, 1.807) is 0 Å². The summed E-state index contributed by atoms with van der Waals surface area (Å²) in [7, 11) is 0. The lowest BCUT2D eigenvalue weighted by atomic mass is 10.2. The van der Waals surface area contributed by atoms with Crippen molar-refractivity contribution in [2.45, 2.75) is 0 Å².